The lowest BCUT2D eigenvalue weighted by atomic mass is 10.1. The van der Waals surface area contributed by atoms with Crippen molar-refractivity contribution in [3.05, 3.63) is 58.6 Å². The summed E-state index contributed by atoms with van der Waals surface area (Å²) >= 11 is 5.73. The number of hydrogen-bond donors (Lipinski definition) is 0. The van der Waals surface area contributed by atoms with E-state index in [1.165, 1.54) is 24.3 Å². The second-order valence-corrected chi connectivity index (χ2v) is 6.17. The smallest absolute Gasteiger partial charge is 0.339 e. The van der Waals surface area contributed by atoms with Gasteiger partial charge in [-0.1, -0.05) is 23.7 Å². The van der Waals surface area contributed by atoms with E-state index in [1.807, 2.05) is 19.9 Å². The molecule has 0 aromatic heterocycles. The molecule has 2 rings (SSSR count). The molecule has 2 aromatic carbocycles. The first-order valence-corrected chi connectivity index (χ1v) is 7.45. The van der Waals surface area contributed by atoms with Crippen molar-refractivity contribution < 1.29 is 12.6 Å². The van der Waals surface area contributed by atoms with E-state index in [2.05, 4.69) is 0 Å². The minimum absolute atomic E-state index is 0.0813. The maximum Gasteiger partial charge on any atom is 0.339 e. The summed E-state index contributed by atoms with van der Waals surface area (Å²) in [5, 5.41) is 0.477. The molecule has 0 saturated heterocycles. The van der Waals surface area contributed by atoms with Crippen LogP contribution in [0.4, 0.5) is 0 Å². The van der Waals surface area contributed by atoms with Gasteiger partial charge in [0.05, 0.1) is 0 Å². The molecule has 0 spiro atoms. The molecule has 0 aliphatic rings. The minimum atomic E-state index is -3.83. The Balaban J connectivity index is 2.36. The van der Waals surface area contributed by atoms with Crippen molar-refractivity contribution >= 4 is 21.7 Å². The summed E-state index contributed by atoms with van der Waals surface area (Å²) in [6.07, 6.45) is 0. The van der Waals surface area contributed by atoms with Crippen molar-refractivity contribution in [2.75, 3.05) is 0 Å². The van der Waals surface area contributed by atoms with Gasteiger partial charge in [-0.3, -0.25) is 0 Å². The van der Waals surface area contributed by atoms with Crippen molar-refractivity contribution in [2.24, 2.45) is 0 Å². The highest BCUT2D eigenvalue weighted by atomic mass is 35.5. The van der Waals surface area contributed by atoms with Crippen LogP contribution in [-0.2, 0) is 10.1 Å². The van der Waals surface area contributed by atoms with E-state index in [9.17, 15) is 8.42 Å². The Labute approximate surface area is 117 Å². The first-order chi connectivity index (χ1) is 8.90. The summed E-state index contributed by atoms with van der Waals surface area (Å²) in [5.41, 5.74) is 1.78. The van der Waals surface area contributed by atoms with Gasteiger partial charge in [0.15, 0.2) is 0 Å². The molecule has 0 atom stereocenters. The fourth-order valence-corrected chi connectivity index (χ4v) is 2.69. The van der Waals surface area contributed by atoms with E-state index >= 15 is 0 Å². The van der Waals surface area contributed by atoms with E-state index in [0.29, 0.717) is 10.8 Å². The first kappa shape index (κ1) is 13.9. The van der Waals surface area contributed by atoms with Gasteiger partial charge in [-0.25, -0.2) is 0 Å². The van der Waals surface area contributed by atoms with Gasteiger partial charge < -0.3 is 4.18 Å². The van der Waals surface area contributed by atoms with E-state index < -0.39 is 10.1 Å². The van der Waals surface area contributed by atoms with Crippen LogP contribution in [0.15, 0.2) is 47.4 Å². The van der Waals surface area contributed by atoms with Gasteiger partial charge in [-0.15, -0.1) is 0 Å². The number of halogens is 1. The monoisotopic (exact) mass is 296 g/mol. The maximum atomic E-state index is 12.1. The Morgan fingerprint density at radius 2 is 1.63 bits per heavy atom. The molecular formula is C14H13ClO3S. The average molecular weight is 297 g/mol. The highest BCUT2D eigenvalue weighted by Gasteiger charge is 2.17. The number of hydrogen-bond acceptors (Lipinski definition) is 3. The second kappa shape index (κ2) is 5.23. The highest BCUT2D eigenvalue weighted by Crippen LogP contribution is 2.25. The van der Waals surface area contributed by atoms with Crippen LogP contribution < -0.4 is 4.18 Å². The Hall–Kier alpha value is -1.52. The van der Waals surface area contributed by atoms with Crippen LogP contribution in [0.3, 0.4) is 0 Å². The predicted octanol–water partition coefficient (Wildman–Crippen LogP) is 3.72. The number of benzene rings is 2. The van der Waals surface area contributed by atoms with Crippen LogP contribution >= 0.6 is 11.6 Å². The molecule has 100 valence electrons. The SMILES string of the molecule is Cc1cccc(OS(=O)(=O)c2ccc(Cl)cc2)c1C. The number of rotatable bonds is 3. The van der Waals surface area contributed by atoms with Gasteiger partial charge in [-0.2, -0.15) is 8.42 Å². The topological polar surface area (TPSA) is 43.4 Å². The lowest BCUT2D eigenvalue weighted by Gasteiger charge is -2.10. The van der Waals surface area contributed by atoms with E-state index in [-0.39, 0.29) is 4.90 Å². The van der Waals surface area contributed by atoms with Crippen LogP contribution in [0.5, 0.6) is 5.75 Å². The third kappa shape index (κ3) is 3.08. The van der Waals surface area contributed by atoms with Crippen molar-refractivity contribution in [1.29, 1.82) is 0 Å². The maximum absolute atomic E-state index is 12.1. The molecule has 19 heavy (non-hydrogen) atoms. The van der Waals surface area contributed by atoms with Crippen LogP contribution in [0, 0.1) is 13.8 Å². The molecule has 0 heterocycles. The van der Waals surface area contributed by atoms with E-state index in [1.54, 1.807) is 12.1 Å². The average Bonchev–Trinajstić information content (AvgIpc) is 2.35. The molecule has 0 radical (unpaired) electrons. The van der Waals surface area contributed by atoms with Gasteiger partial charge in [0, 0.05) is 5.02 Å². The summed E-state index contributed by atoms with van der Waals surface area (Å²) in [7, 11) is -3.83. The van der Waals surface area contributed by atoms with Crippen LogP contribution in [-0.4, -0.2) is 8.42 Å². The largest absolute Gasteiger partial charge is 0.379 e. The molecule has 0 aliphatic heterocycles. The standard InChI is InChI=1S/C14H13ClO3S/c1-10-4-3-5-14(11(10)2)18-19(16,17)13-8-6-12(15)7-9-13/h3-9H,1-2H3. The molecule has 0 bridgehead atoms. The molecular weight excluding hydrogens is 284 g/mol. The van der Waals surface area contributed by atoms with Crippen molar-refractivity contribution in [1.82, 2.24) is 0 Å². The van der Waals surface area contributed by atoms with Gasteiger partial charge in [0.2, 0.25) is 0 Å². The summed E-state index contributed by atoms with van der Waals surface area (Å²) in [5.74, 6) is 0.343. The summed E-state index contributed by atoms with van der Waals surface area (Å²) in [4.78, 5) is 0.0813. The second-order valence-electron chi connectivity index (χ2n) is 4.19. The summed E-state index contributed by atoms with van der Waals surface area (Å²) < 4.78 is 29.4. The molecule has 3 nitrogen and oxygen atoms in total. The quantitative estimate of drug-likeness (QED) is 0.811. The molecule has 0 unspecified atom stereocenters. The van der Waals surface area contributed by atoms with Crippen LogP contribution in [0.2, 0.25) is 5.02 Å². The van der Waals surface area contributed by atoms with Crippen LogP contribution in [0.1, 0.15) is 11.1 Å². The Morgan fingerprint density at radius 3 is 2.26 bits per heavy atom. The molecule has 0 amide bonds. The third-order valence-electron chi connectivity index (χ3n) is 2.86. The lowest BCUT2D eigenvalue weighted by molar-refractivity contribution is 0.484. The first-order valence-electron chi connectivity index (χ1n) is 5.66. The summed E-state index contributed by atoms with van der Waals surface area (Å²) in [6, 6.07) is 11.2. The van der Waals surface area contributed by atoms with Gasteiger partial charge in [0.25, 0.3) is 0 Å². The predicted molar refractivity (Wildman–Crippen MR) is 75.2 cm³/mol. The van der Waals surface area contributed by atoms with Gasteiger partial charge in [-0.05, 0) is 55.3 Å². The molecule has 0 aliphatic carbocycles. The molecule has 0 fully saturated rings. The van der Waals surface area contributed by atoms with Crippen LogP contribution in [0.25, 0.3) is 0 Å². The third-order valence-corrected chi connectivity index (χ3v) is 4.36. The summed E-state index contributed by atoms with van der Waals surface area (Å²) in [6.45, 7) is 3.72. The van der Waals surface area contributed by atoms with E-state index in [4.69, 9.17) is 15.8 Å². The molecule has 0 saturated carbocycles. The normalized spacial score (nSPS) is 11.3. The Morgan fingerprint density at radius 1 is 1.00 bits per heavy atom. The molecule has 2 aromatic rings. The van der Waals surface area contributed by atoms with Gasteiger partial charge >= 0.3 is 10.1 Å². The fourth-order valence-electron chi connectivity index (χ4n) is 1.58. The zero-order valence-corrected chi connectivity index (χ0v) is 12.1. The molecule has 0 N–H and O–H groups in total. The zero-order valence-electron chi connectivity index (χ0n) is 10.6. The highest BCUT2D eigenvalue weighted by molar-refractivity contribution is 7.87. The Kier molecular flexibility index (Phi) is 3.83. The van der Waals surface area contributed by atoms with E-state index in [0.717, 1.165) is 11.1 Å². The van der Waals surface area contributed by atoms with Gasteiger partial charge in [0.1, 0.15) is 10.6 Å². The van der Waals surface area contributed by atoms with Crippen molar-refractivity contribution in [3.63, 3.8) is 0 Å². The van der Waals surface area contributed by atoms with Crippen molar-refractivity contribution in [3.8, 4) is 5.75 Å². The fraction of sp³-hybridized carbons (Fsp3) is 0.143. The minimum Gasteiger partial charge on any atom is -0.379 e. The number of aryl methyl sites for hydroxylation is 1. The lowest BCUT2D eigenvalue weighted by Crippen LogP contribution is -2.10. The zero-order chi connectivity index (χ0) is 14.0. The van der Waals surface area contributed by atoms with Crippen molar-refractivity contribution in [2.45, 2.75) is 18.7 Å². The molecule has 5 heteroatoms. The Bertz CT molecular complexity index is 691.